The van der Waals surface area contributed by atoms with Crippen molar-refractivity contribution in [3.8, 4) is 0 Å². The standard InChI is InChI=1S/C26H33ClO3S/c1-3-4-5-9-23(28)18-10-12-20(13-11-18)25-19(14-16-22(25)27)7-6-8-21-15-17-24(31-21)26(29)30-2/h10-13,15,17,19,23,28H,3-9,14,16H2,1-2H3. The molecule has 0 aliphatic heterocycles. The van der Waals surface area contributed by atoms with Crippen LogP contribution in [0.2, 0.25) is 0 Å². The third kappa shape index (κ3) is 6.44. The molecular formula is C26H33ClO3S. The largest absolute Gasteiger partial charge is 0.465 e. The van der Waals surface area contributed by atoms with Crippen molar-refractivity contribution in [2.45, 2.75) is 70.8 Å². The van der Waals surface area contributed by atoms with Gasteiger partial charge in [-0.05, 0) is 73.3 Å². The van der Waals surface area contributed by atoms with E-state index in [4.69, 9.17) is 16.3 Å². The first-order valence-corrected chi connectivity index (χ1v) is 12.6. The van der Waals surface area contributed by atoms with Gasteiger partial charge in [0, 0.05) is 9.91 Å². The molecule has 2 unspecified atom stereocenters. The third-order valence-electron chi connectivity index (χ3n) is 6.12. The van der Waals surface area contributed by atoms with Crippen molar-refractivity contribution in [3.05, 3.63) is 62.3 Å². The maximum atomic E-state index is 11.6. The summed E-state index contributed by atoms with van der Waals surface area (Å²) in [6.45, 7) is 2.18. The molecule has 3 rings (SSSR count). The van der Waals surface area contributed by atoms with Gasteiger partial charge >= 0.3 is 5.97 Å². The van der Waals surface area contributed by atoms with Crippen LogP contribution in [0.15, 0.2) is 41.4 Å². The Balaban J connectivity index is 1.57. The Morgan fingerprint density at radius 3 is 2.68 bits per heavy atom. The van der Waals surface area contributed by atoms with E-state index in [-0.39, 0.29) is 12.1 Å². The van der Waals surface area contributed by atoms with Crippen LogP contribution in [0.25, 0.3) is 5.57 Å². The van der Waals surface area contributed by atoms with Gasteiger partial charge in [0.25, 0.3) is 0 Å². The summed E-state index contributed by atoms with van der Waals surface area (Å²) in [5, 5.41) is 11.4. The molecule has 1 aromatic carbocycles. The Bertz CT molecular complexity index is 884. The summed E-state index contributed by atoms with van der Waals surface area (Å²) in [6, 6.07) is 12.2. The number of esters is 1. The molecule has 0 bridgehead atoms. The summed E-state index contributed by atoms with van der Waals surface area (Å²) in [5.41, 5.74) is 3.45. The molecule has 1 N–H and O–H groups in total. The van der Waals surface area contributed by atoms with E-state index in [0.29, 0.717) is 10.8 Å². The van der Waals surface area contributed by atoms with Crippen molar-refractivity contribution in [1.29, 1.82) is 0 Å². The average molecular weight is 461 g/mol. The van der Waals surface area contributed by atoms with E-state index in [2.05, 4.69) is 31.2 Å². The predicted octanol–water partition coefficient (Wildman–Crippen LogP) is 7.53. The summed E-state index contributed by atoms with van der Waals surface area (Å²) in [5.74, 6) is 0.204. The number of aryl methyl sites for hydroxylation is 1. The zero-order chi connectivity index (χ0) is 22.2. The van der Waals surface area contributed by atoms with Crippen molar-refractivity contribution in [2.24, 2.45) is 5.92 Å². The van der Waals surface area contributed by atoms with Crippen LogP contribution in [0, 0.1) is 5.92 Å². The van der Waals surface area contributed by atoms with Crippen LogP contribution in [0.1, 0.15) is 90.1 Å². The highest BCUT2D eigenvalue weighted by atomic mass is 35.5. The summed E-state index contributed by atoms with van der Waals surface area (Å²) in [7, 11) is 1.42. The normalized spacial score (nSPS) is 17.2. The minimum atomic E-state index is -0.384. The second-order valence-corrected chi connectivity index (χ2v) is 9.96. The Hall–Kier alpha value is -1.62. The van der Waals surface area contributed by atoms with Gasteiger partial charge in [0.1, 0.15) is 4.88 Å². The van der Waals surface area contributed by atoms with Gasteiger partial charge in [-0.3, -0.25) is 0 Å². The number of thiophene rings is 1. The molecule has 0 saturated carbocycles. The molecule has 1 aliphatic rings. The van der Waals surface area contributed by atoms with E-state index in [1.54, 1.807) is 0 Å². The second kappa shape index (κ2) is 11.8. The number of aliphatic hydroxyl groups is 1. The van der Waals surface area contributed by atoms with Gasteiger partial charge in [-0.25, -0.2) is 4.79 Å². The van der Waals surface area contributed by atoms with Crippen molar-refractivity contribution >= 4 is 34.5 Å². The Morgan fingerprint density at radius 1 is 1.19 bits per heavy atom. The summed E-state index contributed by atoms with van der Waals surface area (Å²) in [4.78, 5) is 13.5. The molecule has 0 fully saturated rings. The number of methoxy groups -OCH3 is 1. The molecule has 5 heteroatoms. The Kier molecular flexibility index (Phi) is 9.18. The van der Waals surface area contributed by atoms with Crippen molar-refractivity contribution < 1.29 is 14.6 Å². The first-order chi connectivity index (χ1) is 15.0. The van der Waals surface area contributed by atoms with Crippen LogP contribution < -0.4 is 0 Å². The first-order valence-electron chi connectivity index (χ1n) is 11.4. The fraction of sp³-hybridized carbons (Fsp3) is 0.500. The lowest BCUT2D eigenvalue weighted by Gasteiger charge is -2.17. The van der Waals surface area contributed by atoms with E-state index in [1.165, 1.54) is 40.9 Å². The van der Waals surface area contributed by atoms with E-state index < -0.39 is 0 Å². The fourth-order valence-corrected chi connectivity index (χ4v) is 5.71. The third-order valence-corrected chi connectivity index (χ3v) is 7.64. The van der Waals surface area contributed by atoms with Crippen molar-refractivity contribution in [2.75, 3.05) is 7.11 Å². The number of hydrogen-bond acceptors (Lipinski definition) is 4. The van der Waals surface area contributed by atoms with E-state index in [9.17, 15) is 9.90 Å². The van der Waals surface area contributed by atoms with E-state index in [0.717, 1.165) is 62.0 Å². The van der Waals surface area contributed by atoms with Crippen LogP contribution in [-0.4, -0.2) is 18.2 Å². The summed E-state index contributed by atoms with van der Waals surface area (Å²) >= 11 is 8.15. The fourth-order valence-electron chi connectivity index (χ4n) is 4.37. The molecular weight excluding hydrogens is 428 g/mol. The SMILES string of the molecule is CCCCCC(O)c1ccc(C2=C(Cl)CCC2CCCc2ccc(C(=O)OC)s2)cc1. The monoisotopic (exact) mass is 460 g/mol. The number of halogens is 1. The molecule has 1 aliphatic carbocycles. The van der Waals surface area contributed by atoms with Gasteiger partial charge in [-0.1, -0.05) is 62.1 Å². The number of unbranched alkanes of at least 4 members (excludes halogenated alkanes) is 2. The molecule has 1 heterocycles. The lowest BCUT2D eigenvalue weighted by atomic mass is 9.89. The zero-order valence-electron chi connectivity index (χ0n) is 18.5. The van der Waals surface area contributed by atoms with E-state index >= 15 is 0 Å². The lowest BCUT2D eigenvalue weighted by molar-refractivity contribution is 0.0606. The van der Waals surface area contributed by atoms with Crippen molar-refractivity contribution in [3.63, 3.8) is 0 Å². The number of benzene rings is 1. The minimum absolute atomic E-state index is 0.261. The molecule has 0 spiro atoms. The van der Waals surface area contributed by atoms with Gasteiger partial charge in [0.05, 0.1) is 13.2 Å². The van der Waals surface area contributed by atoms with Crippen LogP contribution in [0.3, 0.4) is 0 Å². The van der Waals surface area contributed by atoms with Gasteiger partial charge in [0.2, 0.25) is 0 Å². The number of rotatable bonds is 11. The van der Waals surface area contributed by atoms with Gasteiger partial charge in [-0.2, -0.15) is 0 Å². The summed E-state index contributed by atoms with van der Waals surface area (Å²) < 4.78 is 4.79. The molecule has 3 nitrogen and oxygen atoms in total. The maximum Gasteiger partial charge on any atom is 0.348 e. The second-order valence-electron chi connectivity index (χ2n) is 8.34. The Morgan fingerprint density at radius 2 is 1.97 bits per heavy atom. The highest BCUT2D eigenvalue weighted by Gasteiger charge is 2.25. The molecule has 1 aromatic heterocycles. The molecule has 31 heavy (non-hydrogen) atoms. The topological polar surface area (TPSA) is 46.5 Å². The van der Waals surface area contributed by atoms with Crippen molar-refractivity contribution in [1.82, 2.24) is 0 Å². The smallest absolute Gasteiger partial charge is 0.348 e. The summed E-state index contributed by atoms with van der Waals surface area (Å²) in [6.07, 6.45) is 8.96. The molecule has 168 valence electrons. The molecule has 2 atom stereocenters. The molecule has 0 radical (unpaired) electrons. The zero-order valence-corrected chi connectivity index (χ0v) is 20.1. The van der Waals surface area contributed by atoms with Crippen LogP contribution >= 0.6 is 22.9 Å². The highest BCUT2D eigenvalue weighted by molar-refractivity contribution is 7.13. The van der Waals surface area contributed by atoms with Gasteiger partial charge < -0.3 is 9.84 Å². The van der Waals surface area contributed by atoms with E-state index in [1.807, 2.05) is 12.1 Å². The lowest BCUT2D eigenvalue weighted by Crippen LogP contribution is -2.02. The average Bonchev–Trinajstić information content (AvgIpc) is 3.40. The molecule has 0 saturated heterocycles. The predicted molar refractivity (Wildman–Crippen MR) is 130 cm³/mol. The van der Waals surface area contributed by atoms with Gasteiger partial charge in [0.15, 0.2) is 0 Å². The number of carbonyl (C=O) groups excluding carboxylic acids is 1. The quantitative estimate of drug-likeness (QED) is 0.278. The minimum Gasteiger partial charge on any atom is -0.465 e. The Labute approximate surface area is 195 Å². The van der Waals surface area contributed by atoms with Crippen LogP contribution in [0.5, 0.6) is 0 Å². The highest BCUT2D eigenvalue weighted by Crippen LogP contribution is 2.43. The number of aliphatic hydroxyl groups excluding tert-OH is 1. The number of hydrogen-bond donors (Lipinski definition) is 1. The first kappa shape index (κ1) is 24.0. The number of ether oxygens (including phenoxy) is 1. The molecule has 0 amide bonds. The van der Waals surface area contributed by atoms with Gasteiger partial charge in [-0.15, -0.1) is 11.3 Å². The number of carbonyl (C=O) groups is 1. The van der Waals surface area contributed by atoms with Crippen LogP contribution in [0.4, 0.5) is 0 Å². The number of allylic oxidation sites excluding steroid dienone is 2. The molecule has 2 aromatic rings. The maximum absolute atomic E-state index is 11.6. The van der Waals surface area contributed by atoms with Crippen LogP contribution in [-0.2, 0) is 11.2 Å².